The molecule has 1 aliphatic rings. The number of anilines is 1. The molecule has 2 heterocycles. The highest BCUT2D eigenvalue weighted by molar-refractivity contribution is 5.79. The first-order valence-electron chi connectivity index (χ1n) is 5.21. The number of nitrogens with zero attached hydrogens (tertiary/aromatic N) is 2. The Bertz CT molecular complexity index is 421. The SMILES string of the molecule is C=C1c2ncc(C(C)C)c(C)c2NN1C. The normalized spacial score (nSPS) is 14.5. The van der Waals surface area contributed by atoms with Gasteiger partial charge in [0.15, 0.2) is 0 Å². The number of hydrazine groups is 1. The average Bonchev–Trinajstić information content (AvgIpc) is 2.45. The van der Waals surface area contributed by atoms with Crippen molar-refractivity contribution in [3.05, 3.63) is 29.6 Å². The molecule has 1 N–H and O–H groups in total. The van der Waals surface area contributed by atoms with Crippen molar-refractivity contribution in [1.29, 1.82) is 0 Å². The maximum Gasteiger partial charge on any atom is 0.113 e. The minimum absolute atomic E-state index is 0.503. The molecule has 0 bridgehead atoms. The Morgan fingerprint density at radius 2 is 2.13 bits per heavy atom. The zero-order valence-electron chi connectivity index (χ0n) is 9.76. The van der Waals surface area contributed by atoms with Crippen LogP contribution in [0.1, 0.15) is 36.6 Å². The number of pyridine rings is 1. The molecule has 0 fully saturated rings. The molecular formula is C12H17N3. The van der Waals surface area contributed by atoms with Crippen molar-refractivity contribution in [2.75, 3.05) is 12.5 Å². The van der Waals surface area contributed by atoms with E-state index >= 15 is 0 Å². The number of fused-ring (bicyclic) bond motifs is 1. The van der Waals surface area contributed by atoms with Crippen LogP contribution in [0.25, 0.3) is 5.70 Å². The summed E-state index contributed by atoms with van der Waals surface area (Å²) in [7, 11) is 1.96. The summed E-state index contributed by atoms with van der Waals surface area (Å²) in [5.74, 6) is 0.503. The Morgan fingerprint density at radius 3 is 2.73 bits per heavy atom. The van der Waals surface area contributed by atoms with Gasteiger partial charge in [0.1, 0.15) is 5.69 Å². The molecule has 3 nitrogen and oxygen atoms in total. The molecule has 1 aromatic heterocycles. The largest absolute Gasteiger partial charge is 0.296 e. The van der Waals surface area contributed by atoms with Crippen molar-refractivity contribution in [1.82, 2.24) is 9.99 Å². The van der Waals surface area contributed by atoms with Gasteiger partial charge in [-0.15, -0.1) is 0 Å². The lowest BCUT2D eigenvalue weighted by Gasteiger charge is -2.13. The van der Waals surface area contributed by atoms with E-state index in [0.717, 1.165) is 17.1 Å². The summed E-state index contributed by atoms with van der Waals surface area (Å²) >= 11 is 0. The van der Waals surface area contributed by atoms with E-state index < -0.39 is 0 Å². The highest BCUT2D eigenvalue weighted by Gasteiger charge is 2.23. The van der Waals surface area contributed by atoms with Crippen LogP contribution in [0.5, 0.6) is 0 Å². The second-order valence-corrected chi connectivity index (χ2v) is 4.33. The lowest BCUT2D eigenvalue weighted by Crippen LogP contribution is -2.15. The molecule has 2 rings (SSSR count). The monoisotopic (exact) mass is 203 g/mol. The van der Waals surface area contributed by atoms with E-state index in [9.17, 15) is 0 Å². The van der Waals surface area contributed by atoms with E-state index in [2.05, 4.69) is 37.8 Å². The number of nitrogens with one attached hydrogen (secondary N) is 1. The molecule has 0 unspecified atom stereocenters. The lowest BCUT2D eigenvalue weighted by molar-refractivity contribution is 0.600. The number of aromatic nitrogens is 1. The standard InChI is InChI=1S/C12H17N3/c1-7(2)10-6-13-12-9(4)15(5)14-11(12)8(10)3/h6-7,14H,4H2,1-3,5H3. The third-order valence-electron chi connectivity index (χ3n) is 2.96. The predicted octanol–water partition coefficient (Wildman–Crippen LogP) is 2.76. The molecule has 0 aliphatic carbocycles. The first kappa shape index (κ1) is 10.0. The quantitative estimate of drug-likeness (QED) is 0.760. The fourth-order valence-electron chi connectivity index (χ4n) is 1.95. The Kier molecular flexibility index (Phi) is 2.18. The van der Waals surface area contributed by atoms with Crippen LogP contribution in [0.4, 0.5) is 5.69 Å². The van der Waals surface area contributed by atoms with Crippen LogP contribution in [0.3, 0.4) is 0 Å². The lowest BCUT2D eigenvalue weighted by atomic mass is 9.98. The van der Waals surface area contributed by atoms with Gasteiger partial charge in [-0.05, 0) is 24.0 Å². The summed E-state index contributed by atoms with van der Waals surface area (Å²) in [4.78, 5) is 4.47. The van der Waals surface area contributed by atoms with Gasteiger partial charge in [-0.3, -0.25) is 15.4 Å². The van der Waals surface area contributed by atoms with Crippen molar-refractivity contribution in [3.8, 4) is 0 Å². The van der Waals surface area contributed by atoms with Crippen LogP contribution >= 0.6 is 0 Å². The summed E-state index contributed by atoms with van der Waals surface area (Å²) in [5, 5.41) is 1.91. The molecule has 3 heteroatoms. The Labute approximate surface area is 90.8 Å². The molecule has 1 aliphatic heterocycles. The van der Waals surface area contributed by atoms with Crippen LogP contribution in [0, 0.1) is 6.92 Å². The van der Waals surface area contributed by atoms with Gasteiger partial charge >= 0.3 is 0 Å². The van der Waals surface area contributed by atoms with E-state index in [1.54, 1.807) is 0 Å². The molecule has 1 aromatic rings. The molecular weight excluding hydrogens is 186 g/mol. The van der Waals surface area contributed by atoms with Gasteiger partial charge in [0.25, 0.3) is 0 Å². The van der Waals surface area contributed by atoms with Crippen LogP contribution in [-0.2, 0) is 0 Å². The molecule has 0 atom stereocenters. The Balaban J connectivity index is 2.57. The number of rotatable bonds is 1. The summed E-state index contributed by atoms with van der Waals surface area (Å²) in [6.45, 7) is 10.5. The summed E-state index contributed by atoms with van der Waals surface area (Å²) < 4.78 is 0. The van der Waals surface area contributed by atoms with Gasteiger partial charge in [-0.25, -0.2) is 0 Å². The van der Waals surface area contributed by atoms with Crippen LogP contribution in [0.15, 0.2) is 12.8 Å². The fraction of sp³-hybridized carbons (Fsp3) is 0.417. The van der Waals surface area contributed by atoms with E-state index in [-0.39, 0.29) is 0 Å². The zero-order chi connectivity index (χ0) is 11.2. The van der Waals surface area contributed by atoms with Gasteiger partial charge < -0.3 is 0 Å². The van der Waals surface area contributed by atoms with E-state index in [1.807, 2.05) is 18.3 Å². The van der Waals surface area contributed by atoms with Crippen molar-refractivity contribution in [2.24, 2.45) is 0 Å². The first-order valence-corrected chi connectivity index (χ1v) is 5.21. The van der Waals surface area contributed by atoms with Crippen LogP contribution < -0.4 is 5.43 Å². The van der Waals surface area contributed by atoms with Crippen molar-refractivity contribution < 1.29 is 0 Å². The first-order chi connectivity index (χ1) is 7.02. The molecule has 80 valence electrons. The van der Waals surface area contributed by atoms with Crippen LogP contribution in [0.2, 0.25) is 0 Å². The smallest absolute Gasteiger partial charge is 0.113 e. The zero-order valence-corrected chi connectivity index (χ0v) is 9.76. The van der Waals surface area contributed by atoms with E-state index in [4.69, 9.17) is 0 Å². The topological polar surface area (TPSA) is 28.2 Å². The van der Waals surface area contributed by atoms with Crippen molar-refractivity contribution >= 4 is 11.4 Å². The summed E-state index contributed by atoms with van der Waals surface area (Å²) in [6.07, 6.45) is 1.96. The second-order valence-electron chi connectivity index (χ2n) is 4.33. The minimum atomic E-state index is 0.503. The van der Waals surface area contributed by atoms with Gasteiger partial charge in [0.05, 0.1) is 11.4 Å². The molecule has 0 radical (unpaired) electrons. The maximum absolute atomic E-state index is 4.47. The maximum atomic E-state index is 4.47. The second kappa shape index (κ2) is 3.26. The van der Waals surface area contributed by atoms with Gasteiger partial charge in [-0.2, -0.15) is 0 Å². The molecule has 0 saturated carbocycles. The average molecular weight is 203 g/mol. The molecule has 15 heavy (non-hydrogen) atoms. The summed E-state index contributed by atoms with van der Waals surface area (Å²) in [5.41, 5.74) is 8.87. The Morgan fingerprint density at radius 1 is 1.47 bits per heavy atom. The van der Waals surface area contributed by atoms with Crippen molar-refractivity contribution in [2.45, 2.75) is 26.7 Å². The minimum Gasteiger partial charge on any atom is -0.296 e. The third-order valence-corrected chi connectivity index (χ3v) is 2.96. The van der Waals surface area contributed by atoms with Gasteiger partial charge in [0, 0.05) is 13.2 Å². The Hall–Kier alpha value is -1.51. The van der Waals surface area contributed by atoms with Gasteiger partial charge in [-0.1, -0.05) is 20.4 Å². The summed E-state index contributed by atoms with van der Waals surface area (Å²) in [6, 6.07) is 0. The van der Waals surface area contributed by atoms with E-state index in [1.165, 1.54) is 11.1 Å². The van der Waals surface area contributed by atoms with Gasteiger partial charge in [0.2, 0.25) is 0 Å². The molecule has 0 saturated heterocycles. The molecule has 0 aromatic carbocycles. The fourth-order valence-corrected chi connectivity index (χ4v) is 1.95. The number of hydrogen-bond acceptors (Lipinski definition) is 3. The van der Waals surface area contributed by atoms with Crippen LogP contribution in [-0.4, -0.2) is 17.0 Å². The predicted molar refractivity (Wildman–Crippen MR) is 63.5 cm³/mol. The van der Waals surface area contributed by atoms with Crippen molar-refractivity contribution in [3.63, 3.8) is 0 Å². The van der Waals surface area contributed by atoms with E-state index in [0.29, 0.717) is 5.92 Å². The molecule has 0 spiro atoms. The highest BCUT2D eigenvalue weighted by Crippen LogP contribution is 2.35. The number of hydrogen-bond donors (Lipinski definition) is 1. The molecule has 0 amide bonds. The highest BCUT2D eigenvalue weighted by atomic mass is 15.5. The third kappa shape index (κ3) is 1.39.